The molecule has 1 amide bonds. The molecule has 27 heavy (non-hydrogen) atoms. The highest BCUT2D eigenvalue weighted by atomic mass is 35.5. The van der Waals surface area contributed by atoms with Crippen LogP contribution in [0.5, 0.6) is 0 Å². The molecule has 3 rings (SSSR count). The first-order valence-electron chi connectivity index (χ1n) is 7.66. The van der Waals surface area contributed by atoms with E-state index in [9.17, 15) is 14.0 Å². The monoisotopic (exact) mass is 409 g/mol. The molecule has 0 bridgehead atoms. The Morgan fingerprint density at radius 2 is 2.19 bits per heavy atom. The zero-order valence-electron chi connectivity index (χ0n) is 14.2. The van der Waals surface area contributed by atoms with Crippen molar-refractivity contribution in [1.29, 1.82) is 0 Å². The van der Waals surface area contributed by atoms with E-state index in [-0.39, 0.29) is 40.1 Å². The number of amides is 1. The Morgan fingerprint density at radius 1 is 1.41 bits per heavy atom. The summed E-state index contributed by atoms with van der Waals surface area (Å²) in [6, 6.07) is 4.14. The number of carbonyl (C=O) groups is 2. The molecule has 0 aliphatic carbocycles. The van der Waals surface area contributed by atoms with Gasteiger partial charge in [-0.2, -0.15) is 0 Å². The summed E-state index contributed by atoms with van der Waals surface area (Å²) in [5, 5.41) is 8.44. The fourth-order valence-electron chi connectivity index (χ4n) is 2.30. The van der Waals surface area contributed by atoms with Crippen molar-refractivity contribution in [2.45, 2.75) is 20.5 Å². The van der Waals surface area contributed by atoms with Crippen LogP contribution < -0.4 is 5.32 Å². The van der Waals surface area contributed by atoms with Crippen LogP contribution in [0.25, 0.3) is 11.3 Å². The zero-order chi connectivity index (χ0) is 19.6. The van der Waals surface area contributed by atoms with Crippen LogP contribution in [0.3, 0.4) is 0 Å². The molecule has 7 nitrogen and oxygen atoms in total. The summed E-state index contributed by atoms with van der Waals surface area (Å²) in [7, 11) is 0. The Labute approximate surface area is 162 Å². The Hall–Kier alpha value is -2.78. The van der Waals surface area contributed by atoms with Crippen molar-refractivity contribution in [3.63, 3.8) is 0 Å². The second-order valence-electron chi connectivity index (χ2n) is 5.46. The van der Waals surface area contributed by atoms with Crippen LogP contribution >= 0.6 is 22.9 Å². The molecule has 0 atom stereocenters. The lowest BCUT2D eigenvalue weighted by Crippen LogP contribution is -2.08. The molecule has 0 spiro atoms. The first-order valence-corrected chi connectivity index (χ1v) is 8.92. The molecule has 0 saturated carbocycles. The second kappa shape index (κ2) is 7.85. The summed E-state index contributed by atoms with van der Waals surface area (Å²) in [5.41, 5.74) is 0.373. The third kappa shape index (κ3) is 4.15. The number of hydrogen-bond donors (Lipinski definition) is 1. The van der Waals surface area contributed by atoms with E-state index in [1.165, 1.54) is 43.4 Å². The first-order chi connectivity index (χ1) is 12.9. The third-order valence-corrected chi connectivity index (χ3v) is 4.57. The lowest BCUT2D eigenvalue weighted by molar-refractivity contribution is -0.114. The number of thiazole rings is 1. The van der Waals surface area contributed by atoms with Crippen LogP contribution in [0.4, 0.5) is 9.52 Å². The molecule has 0 aliphatic rings. The van der Waals surface area contributed by atoms with Crippen molar-refractivity contribution in [2.75, 3.05) is 5.32 Å². The van der Waals surface area contributed by atoms with E-state index < -0.39 is 11.8 Å². The largest absolute Gasteiger partial charge is 0.455 e. The van der Waals surface area contributed by atoms with Gasteiger partial charge in [0.1, 0.15) is 29.4 Å². The average molecular weight is 410 g/mol. The van der Waals surface area contributed by atoms with Crippen molar-refractivity contribution in [1.82, 2.24) is 10.1 Å². The highest BCUT2D eigenvalue weighted by Gasteiger charge is 2.26. The fourth-order valence-corrected chi connectivity index (χ4v) is 3.29. The molecule has 140 valence electrons. The Bertz CT molecular complexity index is 997. The summed E-state index contributed by atoms with van der Waals surface area (Å²) in [6.07, 6.45) is 0. The smallest absolute Gasteiger partial charge is 0.344 e. The second-order valence-corrected chi connectivity index (χ2v) is 6.73. The number of esters is 1. The molecule has 10 heteroatoms. The predicted molar refractivity (Wildman–Crippen MR) is 97.2 cm³/mol. The highest BCUT2D eigenvalue weighted by molar-refractivity contribution is 7.13. The summed E-state index contributed by atoms with van der Waals surface area (Å²) < 4.78 is 24.5. The van der Waals surface area contributed by atoms with E-state index >= 15 is 0 Å². The van der Waals surface area contributed by atoms with Crippen LogP contribution in [-0.2, 0) is 16.1 Å². The highest BCUT2D eigenvalue weighted by Crippen LogP contribution is 2.33. The van der Waals surface area contributed by atoms with Crippen LogP contribution in [-0.4, -0.2) is 22.0 Å². The van der Waals surface area contributed by atoms with Crippen molar-refractivity contribution < 1.29 is 23.2 Å². The lowest BCUT2D eigenvalue weighted by Gasteiger charge is -2.06. The Kier molecular flexibility index (Phi) is 5.52. The number of nitrogens with zero attached hydrogens (tertiary/aromatic N) is 2. The maximum atomic E-state index is 14.2. The molecule has 1 aromatic carbocycles. The van der Waals surface area contributed by atoms with Gasteiger partial charge in [0.15, 0.2) is 5.13 Å². The number of ether oxygens (including phenoxy) is 1. The van der Waals surface area contributed by atoms with Crippen LogP contribution in [0.1, 0.15) is 28.7 Å². The van der Waals surface area contributed by atoms with Gasteiger partial charge in [-0.15, -0.1) is 11.3 Å². The number of carbonyl (C=O) groups excluding carboxylic acids is 2. The Balaban J connectivity index is 1.81. The molecule has 1 N–H and O–H groups in total. The topological polar surface area (TPSA) is 94.3 Å². The molecular weight excluding hydrogens is 397 g/mol. The number of rotatable bonds is 5. The average Bonchev–Trinajstić information content (AvgIpc) is 3.19. The van der Waals surface area contributed by atoms with E-state index in [1.54, 1.807) is 5.38 Å². The predicted octanol–water partition coefficient (Wildman–Crippen LogP) is 4.21. The summed E-state index contributed by atoms with van der Waals surface area (Å²) in [4.78, 5) is 27.7. The molecule has 0 fully saturated rings. The van der Waals surface area contributed by atoms with Gasteiger partial charge in [-0.3, -0.25) is 4.79 Å². The lowest BCUT2D eigenvalue weighted by atomic mass is 10.1. The van der Waals surface area contributed by atoms with Crippen molar-refractivity contribution in [2.24, 2.45) is 0 Å². The number of aromatic nitrogens is 2. The number of nitrogens with one attached hydrogen (secondary N) is 1. The normalized spacial score (nSPS) is 10.7. The van der Waals surface area contributed by atoms with Crippen LogP contribution in [0.2, 0.25) is 5.02 Å². The van der Waals surface area contributed by atoms with E-state index in [2.05, 4.69) is 15.5 Å². The van der Waals surface area contributed by atoms with Gasteiger partial charge in [-0.25, -0.2) is 14.2 Å². The zero-order valence-corrected chi connectivity index (χ0v) is 15.8. The standard InChI is InChI=1S/C17H13ClFN3O4S/c1-8-13(15(22-26-8)14-11(18)4-3-5-12(14)19)16(24)25-6-10-7-27-17(21-10)20-9(2)23/h3-5,7H,6H2,1-2H3,(H,20,21,23). The van der Waals surface area contributed by atoms with Gasteiger partial charge in [0.25, 0.3) is 0 Å². The van der Waals surface area contributed by atoms with Gasteiger partial charge in [0.05, 0.1) is 16.3 Å². The van der Waals surface area contributed by atoms with E-state index in [0.717, 1.165) is 0 Å². The van der Waals surface area contributed by atoms with Crippen LogP contribution in [0, 0.1) is 12.7 Å². The molecule has 2 aromatic heterocycles. The maximum absolute atomic E-state index is 14.2. The number of halogens is 2. The number of hydrogen-bond acceptors (Lipinski definition) is 7. The van der Waals surface area contributed by atoms with Gasteiger partial charge in [0.2, 0.25) is 5.91 Å². The SMILES string of the molecule is CC(=O)Nc1nc(COC(=O)c2c(-c3c(F)cccc3Cl)noc2C)cs1. The summed E-state index contributed by atoms with van der Waals surface area (Å²) >= 11 is 7.25. The van der Waals surface area contributed by atoms with Crippen LogP contribution in [0.15, 0.2) is 28.1 Å². The van der Waals surface area contributed by atoms with Gasteiger partial charge in [-0.05, 0) is 19.1 Å². The minimum atomic E-state index is -0.753. The van der Waals surface area contributed by atoms with Crippen molar-refractivity contribution in [3.8, 4) is 11.3 Å². The van der Waals surface area contributed by atoms with E-state index in [0.29, 0.717) is 10.8 Å². The molecule has 0 aliphatic heterocycles. The van der Waals surface area contributed by atoms with Gasteiger partial charge < -0.3 is 14.6 Å². The minimum absolute atomic E-state index is 0.0145. The van der Waals surface area contributed by atoms with E-state index in [1.807, 2.05) is 0 Å². The fraction of sp³-hybridized carbons (Fsp3) is 0.176. The summed E-state index contributed by atoms with van der Waals surface area (Å²) in [6.45, 7) is 2.74. The van der Waals surface area contributed by atoms with E-state index in [4.69, 9.17) is 20.9 Å². The van der Waals surface area contributed by atoms with Crippen molar-refractivity contribution in [3.05, 3.63) is 51.4 Å². The molecule has 2 heterocycles. The maximum Gasteiger partial charge on any atom is 0.344 e. The molecule has 3 aromatic rings. The van der Waals surface area contributed by atoms with Gasteiger partial charge >= 0.3 is 5.97 Å². The molecule has 0 radical (unpaired) electrons. The number of benzene rings is 1. The minimum Gasteiger partial charge on any atom is -0.455 e. The molecular formula is C17H13ClFN3O4S. The van der Waals surface area contributed by atoms with Gasteiger partial charge in [-0.1, -0.05) is 22.8 Å². The summed E-state index contributed by atoms with van der Waals surface area (Å²) in [5.74, 6) is -1.47. The Morgan fingerprint density at radius 3 is 2.89 bits per heavy atom. The molecule has 0 saturated heterocycles. The quantitative estimate of drug-likeness (QED) is 0.634. The van der Waals surface area contributed by atoms with Crippen molar-refractivity contribution >= 4 is 39.9 Å². The number of aryl methyl sites for hydroxylation is 1. The first kappa shape index (κ1) is 19.0. The third-order valence-electron chi connectivity index (χ3n) is 3.45. The number of anilines is 1. The molecule has 0 unspecified atom stereocenters. The van der Waals surface area contributed by atoms with Gasteiger partial charge in [0, 0.05) is 12.3 Å².